The zero-order valence-electron chi connectivity index (χ0n) is 16.0. The third-order valence-corrected chi connectivity index (χ3v) is 5.70. The summed E-state index contributed by atoms with van der Waals surface area (Å²) in [5.41, 5.74) is 0.927. The monoisotopic (exact) mass is 445 g/mol. The van der Waals surface area contributed by atoms with Crippen LogP contribution in [0.4, 0.5) is 4.79 Å². The van der Waals surface area contributed by atoms with Crippen LogP contribution in [0, 0.1) is 0 Å². The highest BCUT2D eigenvalue weighted by Crippen LogP contribution is 2.25. The van der Waals surface area contributed by atoms with Gasteiger partial charge in [-0.15, -0.1) is 22.7 Å². The van der Waals surface area contributed by atoms with E-state index >= 15 is 0 Å². The van der Waals surface area contributed by atoms with Crippen molar-refractivity contribution in [2.75, 3.05) is 20.3 Å². The maximum absolute atomic E-state index is 12.1. The summed E-state index contributed by atoms with van der Waals surface area (Å²) in [6.07, 6.45) is 0.675. The van der Waals surface area contributed by atoms with E-state index in [0.29, 0.717) is 18.0 Å². The van der Waals surface area contributed by atoms with E-state index in [1.807, 2.05) is 29.6 Å². The van der Waals surface area contributed by atoms with Crippen molar-refractivity contribution in [3.63, 3.8) is 0 Å². The van der Waals surface area contributed by atoms with Crippen molar-refractivity contribution in [2.24, 2.45) is 0 Å². The first-order valence-electron chi connectivity index (χ1n) is 8.92. The van der Waals surface area contributed by atoms with Crippen LogP contribution in [0.5, 0.6) is 5.75 Å². The molecule has 0 saturated carbocycles. The summed E-state index contributed by atoms with van der Waals surface area (Å²) in [4.78, 5) is 41.0. The Morgan fingerprint density at radius 1 is 1.10 bits per heavy atom. The Morgan fingerprint density at radius 3 is 2.60 bits per heavy atom. The van der Waals surface area contributed by atoms with Crippen molar-refractivity contribution in [2.45, 2.75) is 6.42 Å². The average Bonchev–Trinajstić information content (AvgIpc) is 3.44. The Balaban J connectivity index is 1.41. The number of rotatable bonds is 8. The van der Waals surface area contributed by atoms with Crippen LogP contribution in [0.2, 0.25) is 0 Å². The molecule has 8 nitrogen and oxygen atoms in total. The van der Waals surface area contributed by atoms with Crippen molar-refractivity contribution < 1.29 is 23.9 Å². The first-order valence-corrected chi connectivity index (χ1v) is 10.7. The van der Waals surface area contributed by atoms with Crippen LogP contribution in [0.1, 0.15) is 15.4 Å². The molecule has 30 heavy (non-hydrogen) atoms. The number of methoxy groups -OCH3 is 1. The zero-order chi connectivity index (χ0) is 21.3. The molecule has 0 spiro atoms. The fraction of sp³-hybridized carbons (Fsp3) is 0.200. The van der Waals surface area contributed by atoms with Crippen molar-refractivity contribution in [1.82, 2.24) is 15.6 Å². The van der Waals surface area contributed by atoms with Gasteiger partial charge in [-0.05, 0) is 42.1 Å². The van der Waals surface area contributed by atoms with E-state index in [-0.39, 0.29) is 5.69 Å². The summed E-state index contributed by atoms with van der Waals surface area (Å²) in [5.74, 6) is -0.738. The van der Waals surface area contributed by atoms with Gasteiger partial charge in [0.25, 0.3) is 5.91 Å². The molecule has 3 aromatic rings. The SMILES string of the molecule is COc1ccc(-c2nc(C(=O)OCC(=O)NC(=O)NCCc3cccs3)cs2)cc1. The number of carbonyl (C=O) groups is 3. The van der Waals surface area contributed by atoms with Gasteiger partial charge in [0.2, 0.25) is 0 Å². The van der Waals surface area contributed by atoms with Crippen LogP contribution in [0.3, 0.4) is 0 Å². The fourth-order valence-corrected chi connectivity index (χ4v) is 3.90. The number of nitrogens with zero attached hydrogens (tertiary/aromatic N) is 1. The van der Waals surface area contributed by atoms with Crippen LogP contribution >= 0.6 is 22.7 Å². The third-order valence-electron chi connectivity index (χ3n) is 3.87. The smallest absolute Gasteiger partial charge is 0.358 e. The van der Waals surface area contributed by atoms with E-state index in [0.717, 1.165) is 16.2 Å². The molecular formula is C20H19N3O5S2. The molecule has 3 amide bonds. The molecule has 0 atom stereocenters. The van der Waals surface area contributed by atoms with E-state index in [9.17, 15) is 14.4 Å². The molecule has 2 N–H and O–H groups in total. The number of ether oxygens (including phenoxy) is 2. The first-order chi connectivity index (χ1) is 14.5. The molecule has 1 aromatic carbocycles. The number of amides is 3. The summed E-state index contributed by atoms with van der Waals surface area (Å²) < 4.78 is 10.0. The number of benzene rings is 1. The highest BCUT2D eigenvalue weighted by molar-refractivity contribution is 7.13. The van der Waals surface area contributed by atoms with Crippen molar-refractivity contribution in [3.05, 3.63) is 57.7 Å². The molecule has 2 aromatic heterocycles. The van der Waals surface area contributed by atoms with Gasteiger partial charge < -0.3 is 14.8 Å². The third kappa shape index (κ3) is 6.13. The number of aromatic nitrogens is 1. The standard InChI is InChI=1S/C20H19N3O5S2/c1-27-14-6-4-13(5-7-14)18-22-16(12-30-18)19(25)28-11-17(24)23-20(26)21-9-8-15-3-2-10-29-15/h2-7,10,12H,8-9,11H2,1H3,(H2,21,23,24,26). The Morgan fingerprint density at radius 2 is 1.90 bits per heavy atom. The molecule has 3 rings (SSSR count). The highest BCUT2D eigenvalue weighted by Gasteiger charge is 2.16. The topological polar surface area (TPSA) is 107 Å². The number of thiophene rings is 1. The highest BCUT2D eigenvalue weighted by atomic mass is 32.1. The predicted octanol–water partition coefficient (Wildman–Crippen LogP) is 3.11. The van der Waals surface area contributed by atoms with Crippen LogP contribution < -0.4 is 15.4 Å². The van der Waals surface area contributed by atoms with E-state index in [1.54, 1.807) is 36.0 Å². The minimum atomic E-state index is -0.737. The van der Waals surface area contributed by atoms with Gasteiger partial charge in [-0.25, -0.2) is 14.6 Å². The summed E-state index contributed by atoms with van der Waals surface area (Å²) in [6, 6.07) is 10.5. The van der Waals surface area contributed by atoms with Gasteiger partial charge in [-0.3, -0.25) is 10.1 Å². The van der Waals surface area contributed by atoms with E-state index in [1.165, 1.54) is 11.3 Å². The van der Waals surface area contributed by atoms with Gasteiger partial charge in [0.15, 0.2) is 12.3 Å². The van der Waals surface area contributed by atoms with Crippen LogP contribution in [0.25, 0.3) is 10.6 Å². The minimum Gasteiger partial charge on any atom is -0.497 e. The maximum atomic E-state index is 12.1. The molecule has 2 heterocycles. The van der Waals surface area contributed by atoms with Crippen LogP contribution in [0.15, 0.2) is 47.2 Å². The number of urea groups is 1. The molecule has 10 heteroatoms. The average molecular weight is 446 g/mol. The molecular weight excluding hydrogens is 426 g/mol. The lowest BCUT2D eigenvalue weighted by Gasteiger charge is -2.06. The molecule has 0 unspecified atom stereocenters. The Bertz CT molecular complexity index is 1000. The molecule has 0 fully saturated rings. The number of thiazole rings is 1. The molecule has 0 radical (unpaired) electrons. The molecule has 0 aliphatic rings. The maximum Gasteiger partial charge on any atom is 0.358 e. The van der Waals surface area contributed by atoms with Crippen molar-refractivity contribution >= 4 is 40.6 Å². The Hall–Kier alpha value is -3.24. The predicted molar refractivity (Wildman–Crippen MR) is 114 cm³/mol. The molecule has 0 aliphatic heterocycles. The van der Waals surface area contributed by atoms with Gasteiger partial charge >= 0.3 is 12.0 Å². The zero-order valence-corrected chi connectivity index (χ0v) is 17.7. The summed E-state index contributed by atoms with van der Waals surface area (Å²) in [5, 5.41) is 8.84. The van der Waals surface area contributed by atoms with E-state index in [4.69, 9.17) is 9.47 Å². The normalized spacial score (nSPS) is 10.3. The van der Waals surface area contributed by atoms with E-state index in [2.05, 4.69) is 15.6 Å². The minimum absolute atomic E-state index is 0.0963. The van der Waals surface area contributed by atoms with Gasteiger partial charge in [-0.2, -0.15) is 0 Å². The molecule has 0 bridgehead atoms. The largest absolute Gasteiger partial charge is 0.497 e. The number of hydrogen-bond acceptors (Lipinski definition) is 8. The lowest BCUT2D eigenvalue weighted by Crippen LogP contribution is -2.42. The number of nitrogens with one attached hydrogen (secondary N) is 2. The van der Waals surface area contributed by atoms with Gasteiger partial charge in [0.05, 0.1) is 7.11 Å². The molecule has 0 saturated heterocycles. The van der Waals surface area contributed by atoms with Crippen LogP contribution in [-0.2, 0) is 16.0 Å². The van der Waals surface area contributed by atoms with Crippen molar-refractivity contribution in [1.29, 1.82) is 0 Å². The van der Waals surface area contributed by atoms with Gasteiger partial charge in [-0.1, -0.05) is 6.07 Å². The van der Waals surface area contributed by atoms with Crippen molar-refractivity contribution in [3.8, 4) is 16.3 Å². The first kappa shape index (κ1) is 21.5. The fourth-order valence-electron chi connectivity index (χ4n) is 2.40. The summed E-state index contributed by atoms with van der Waals surface area (Å²) in [6.45, 7) is -0.182. The summed E-state index contributed by atoms with van der Waals surface area (Å²) in [7, 11) is 1.58. The number of hydrogen-bond donors (Lipinski definition) is 2. The molecule has 0 aliphatic carbocycles. The van der Waals surface area contributed by atoms with Gasteiger partial charge in [0.1, 0.15) is 10.8 Å². The number of carbonyl (C=O) groups excluding carboxylic acids is 3. The summed E-state index contributed by atoms with van der Waals surface area (Å²) >= 11 is 2.87. The van der Waals surface area contributed by atoms with E-state index < -0.39 is 24.5 Å². The second-order valence-electron chi connectivity index (χ2n) is 5.98. The van der Waals surface area contributed by atoms with Crippen LogP contribution in [-0.4, -0.2) is 43.2 Å². The number of esters is 1. The molecule has 156 valence electrons. The number of imide groups is 1. The Labute approximate surface area is 180 Å². The van der Waals surface area contributed by atoms with Gasteiger partial charge in [0, 0.05) is 22.4 Å². The quantitative estimate of drug-likeness (QED) is 0.516. The lowest BCUT2D eigenvalue weighted by atomic mass is 10.2. The second-order valence-corrected chi connectivity index (χ2v) is 7.87. The Kier molecular flexibility index (Phi) is 7.52. The second kappa shape index (κ2) is 10.5. The lowest BCUT2D eigenvalue weighted by molar-refractivity contribution is -0.123.